The van der Waals surface area contributed by atoms with Gasteiger partial charge in [-0.2, -0.15) is 0 Å². The predicted molar refractivity (Wildman–Crippen MR) is 131 cm³/mol. The third-order valence-electron chi connectivity index (χ3n) is 5.85. The largest absolute Gasteiger partial charge is 0.444 e. The number of rotatable bonds is 8. The van der Waals surface area contributed by atoms with E-state index < -0.39 is 23.5 Å². The average molecular weight is 502 g/mol. The lowest BCUT2D eigenvalue weighted by atomic mass is 9.94. The molecule has 3 amide bonds. The van der Waals surface area contributed by atoms with Gasteiger partial charge in [-0.3, -0.25) is 9.59 Å². The molecule has 0 spiro atoms. The van der Waals surface area contributed by atoms with Crippen LogP contribution in [0.1, 0.15) is 31.9 Å². The van der Waals surface area contributed by atoms with E-state index in [4.69, 9.17) is 4.74 Å². The first-order valence-corrected chi connectivity index (χ1v) is 12.0. The van der Waals surface area contributed by atoms with Crippen LogP contribution in [0.4, 0.5) is 13.6 Å². The van der Waals surface area contributed by atoms with E-state index in [9.17, 15) is 23.2 Å². The molecule has 2 N–H and O–H groups in total. The van der Waals surface area contributed by atoms with Crippen molar-refractivity contribution in [2.75, 3.05) is 26.2 Å². The molecule has 9 heteroatoms. The molecule has 1 saturated heterocycles. The van der Waals surface area contributed by atoms with Crippen molar-refractivity contribution in [2.24, 2.45) is 11.8 Å². The summed E-state index contributed by atoms with van der Waals surface area (Å²) in [5.41, 5.74) is 0.762. The number of amides is 3. The predicted octanol–water partition coefficient (Wildman–Crippen LogP) is 3.47. The zero-order valence-electron chi connectivity index (χ0n) is 20.9. The van der Waals surface area contributed by atoms with Crippen LogP contribution in [0.2, 0.25) is 0 Å². The molecular weight excluding hydrogens is 468 g/mol. The van der Waals surface area contributed by atoms with Gasteiger partial charge in [0, 0.05) is 26.2 Å². The molecule has 1 heterocycles. The minimum Gasteiger partial charge on any atom is -0.444 e. The van der Waals surface area contributed by atoms with Crippen molar-refractivity contribution in [3.8, 4) is 0 Å². The SMILES string of the molecule is CC(C)(C)OC(=O)N1C[C@H](C(=O)NCCc2cccc(F)c2)[C@@H](C(=O)NCCc2cccc(F)c2)C1. The number of carbonyl (C=O) groups excluding carboxylic acids is 3. The van der Waals surface area contributed by atoms with Gasteiger partial charge in [-0.1, -0.05) is 24.3 Å². The van der Waals surface area contributed by atoms with Gasteiger partial charge in [-0.25, -0.2) is 13.6 Å². The van der Waals surface area contributed by atoms with Gasteiger partial charge in [-0.05, 0) is 69.0 Å². The van der Waals surface area contributed by atoms with Crippen LogP contribution in [0.15, 0.2) is 48.5 Å². The van der Waals surface area contributed by atoms with Crippen molar-refractivity contribution in [1.82, 2.24) is 15.5 Å². The van der Waals surface area contributed by atoms with Crippen LogP contribution in [0.3, 0.4) is 0 Å². The summed E-state index contributed by atoms with van der Waals surface area (Å²) in [6.45, 7) is 5.85. The maximum Gasteiger partial charge on any atom is 0.410 e. The van der Waals surface area contributed by atoms with Crippen molar-refractivity contribution in [3.05, 3.63) is 71.3 Å². The van der Waals surface area contributed by atoms with Crippen LogP contribution in [0.25, 0.3) is 0 Å². The molecule has 3 rings (SSSR count). The molecule has 0 radical (unpaired) electrons. The van der Waals surface area contributed by atoms with Crippen LogP contribution in [0.5, 0.6) is 0 Å². The highest BCUT2D eigenvalue weighted by atomic mass is 19.1. The quantitative estimate of drug-likeness (QED) is 0.580. The van der Waals surface area contributed by atoms with Crippen LogP contribution < -0.4 is 10.6 Å². The monoisotopic (exact) mass is 501 g/mol. The maximum atomic E-state index is 13.4. The second kappa shape index (κ2) is 12.0. The van der Waals surface area contributed by atoms with E-state index in [2.05, 4.69) is 10.6 Å². The van der Waals surface area contributed by atoms with Gasteiger partial charge in [0.1, 0.15) is 17.2 Å². The van der Waals surface area contributed by atoms with Gasteiger partial charge >= 0.3 is 6.09 Å². The van der Waals surface area contributed by atoms with Crippen molar-refractivity contribution in [2.45, 2.75) is 39.2 Å². The fraction of sp³-hybridized carbons (Fsp3) is 0.444. The Labute approximate surface area is 210 Å². The van der Waals surface area contributed by atoms with Crippen molar-refractivity contribution >= 4 is 17.9 Å². The minimum atomic E-state index is -0.765. The van der Waals surface area contributed by atoms with Crippen molar-refractivity contribution in [3.63, 3.8) is 0 Å². The van der Waals surface area contributed by atoms with E-state index in [0.29, 0.717) is 12.8 Å². The average Bonchev–Trinajstić information content (AvgIpc) is 3.24. The molecule has 7 nitrogen and oxygen atoms in total. The highest BCUT2D eigenvalue weighted by Crippen LogP contribution is 2.26. The van der Waals surface area contributed by atoms with E-state index in [1.54, 1.807) is 45.0 Å². The molecule has 2 aromatic carbocycles. The molecule has 0 aromatic heterocycles. The number of benzene rings is 2. The lowest BCUT2D eigenvalue weighted by Crippen LogP contribution is -2.42. The summed E-state index contributed by atoms with van der Waals surface area (Å²) in [6, 6.07) is 12.3. The topological polar surface area (TPSA) is 87.7 Å². The minimum absolute atomic E-state index is 0.0443. The number of nitrogens with zero attached hydrogens (tertiary/aromatic N) is 1. The van der Waals surface area contributed by atoms with Gasteiger partial charge in [-0.15, -0.1) is 0 Å². The van der Waals surface area contributed by atoms with Crippen molar-refractivity contribution < 1.29 is 27.9 Å². The van der Waals surface area contributed by atoms with Crippen LogP contribution in [-0.4, -0.2) is 54.6 Å². The molecular formula is C27H33F2N3O4. The molecule has 1 aliphatic rings. The highest BCUT2D eigenvalue weighted by Gasteiger charge is 2.44. The summed E-state index contributed by atoms with van der Waals surface area (Å²) in [5.74, 6) is -2.95. The molecule has 0 unspecified atom stereocenters. The third kappa shape index (κ3) is 8.03. The van der Waals surface area contributed by atoms with Gasteiger partial charge in [0.2, 0.25) is 11.8 Å². The molecule has 0 bridgehead atoms. The lowest BCUT2D eigenvalue weighted by molar-refractivity contribution is -0.132. The summed E-state index contributed by atoms with van der Waals surface area (Å²) >= 11 is 0. The van der Waals surface area contributed by atoms with E-state index in [-0.39, 0.29) is 49.6 Å². The first-order valence-electron chi connectivity index (χ1n) is 12.0. The number of hydrogen-bond acceptors (Lipinski definition) is 4. The van der Waals surface area contributed by atoms with Crippen LogP contribution in [0, 0.1) is 23.5 Å². The Bertz CT molecular complexity index is 1020. The number of ether oxygens (including phenoxy) is 1. The lowest BCUT2D eigenvalue weighted by Gasteiger charge is -2.24. The molecule has 0 aliphatic carbocycles. The molecule has 2 atom stereocenters. The van der Waals surface area contributed by atoms with E-state index >= 15 is 0 Å². The number of likely N-dealkylation sites (tertiary alicyclic amines) is 1. The molecule has 0 saturated carbocycles. The normalized spacial score (nSPS) is 17.5. The number of halogens is 2. The van der Waals surface area contributed by atoms with Crippen LogP contribution >= 0.6 is 0 Å². The van der Waals surface area contributed by atoms with Crippen LogP contribution in [-0.2, 0) is 27.2 Å². The molecule has 194 valence electrons. The fourth-order valence-electron chi connectivity index (χ4n) is 4.12. The summed E-state index contributed by atoms with van der Waals surface area (Å²) in [5, 5.41) is 5.62. The number of carbonyl (C=O) groups is 3. The highest BCUT2D eigenvalue weighted by molar-refractivity contribution is 5.89. The molecule has 1 aliphatic heterocycles. The van der Waals surface area contributed by atoms with Crippen molar-refractivity contribution in [1.29, 1.82) is 0 Å². The standard InChI is InChI=1S/C27H33F2N3O4/c1-27(2,3)36-26(35)32-16-22(24(33)30-12-10-18-6-4-8-20(28)14-18)23(17-32)25(34)31-13-11-19-7-5-9-21(29)15-19/h4-9,14-15,22-23H,10-13,16-17H2,1-3H3,(H,30,33)(H,31,34)/t22-,23-/m0/s1. The van der Waals surface area contributed by atoms with Gasteiger partial charge in [0.25, 0.3) is 0 Å². The summed E-state index contributed by atoms with van der Waals surface area (Å²) in [4.78, 5) is 40.0. The first kappa shape index (κ1) is 27.1. The number of hydrogen-bond donors (Lipinski definition) is 2. The summed E-state index contributed by atoms with van der Waals surface area (Å²) < 4.78 is 32.2. The zero-order valence-corrected chi connectivity index (χ0v) is 20.9. The second-order valence-corrected chi connectivity index (χ2v) is 9.94. The van der Waals surface area contributed by atoms with Gasteiger partial charge in [0.05, 0.1) is 11.8 Å². The Morgan fingerprint density at radius 3 is 1.69 bits per heavy atom. The molecule has 36 heavy (non-hydrogen) atoms. The smallest absolute Gasteiger partial charge is 0.410 e. The molecule has 1 fully saturated rings. The zero-order chi connectivity index (χ0) is 26.3. The third-order valence-corrected chi connectivity index (χ3v) is 5.85. The Hall–Kier alpha value is -3.49. The Kier molecular flexibility index (Phi) is 9.01. The fourth-order valence-corrected chi connectivity index (χ4v) is 4.12. The molecule has 2 aromatic rings. The first-order chi connectivity index (χ1) is 17.0. The number of nitrogens with one attached hydrogen (secondary N) is 2. The Balaban J connectivity index is 1.62. The summed E-state index contributed by atoms with van der Waals surface area (Å²) in [6.07, 6.45) is 0.266. The second-order valence-electron chi connectivity index (χ2n) is 9.94. The summed E-state index contributed by atoms with van der Waals surface area (Å²) in [7, 11) is 0. The van der Waals surface area contributed by atoms with E-state index in [0.717, 1.165) is 11.1 Å². The maximum absolute atomic E-state index is 13.4. The Morgan fingerprint density at radius 2 is 1.31 bits per heavy atom. The van der Waals surface area contributed by atoms with E-state index in [1.165, 1.54) is 29.2 Å². The Morgan fingerprint density at radius 1 is 0.861 bits per heavy atom. The van der Waals surface area contributed by atoms with E-state index in [1.807, 2.05) is 0 Å². The van der Waals surface area contributed by atoms with Gasteiger partial charge in [0.15, 0.2) is 0 Å². The van der Waals surface area contributed by atoms with Gasteiger partial charge < -0.3 is 20.3 Å².